The van der Waals surface area contributed by atoms with E-state index in [-0.39, 0.29) is 0 Å². The number of hydrogen-bond donors (Lipinski definition) is 2. The van der Waals surface area contributed by atoms with Gasteiger partial charge in [0.2, 0.25) is 5.88 Å². The summed E-state index contributed by atoms with van der Waals surface area (Å²) in [6, 6.07) is 0.470. The Labute approximate surface area is 96.0 Å². The number of alkyl halides is 5. The van der Waals surface area contributed by atoms with Gasteiger partial charge in [-0.05, 0) is 6.07 Å². The molecule has 100 valence electrons. The van der Waals surface area contributed by atoms with Crippen LogP contribution in [-0.4, -0.2) is 22.4 Å². The molecule has 0 saturated heterocycles. The molecule has 1 aromatic heterocycles. The lowest BCUT2D eigenvalue weighted by atomic mass is 10.2. The minimum atomic E-state index is -5.27. The molecule has 1 aromatic rings. The molecule has 5 nitrogen and oxygen atoms in total. The molecule has 0 radical (unpaired) electrons. The molecule has 3 N–H and O–H groups in total. The van der Waals surface area contributed by atoms with Crippen molar-refractivity contribution in [2.24, 2.45) is 0 Å². The van der Waals surface area contributed by atoms with Gasteiger partial charge >= 0.3 is 12.3 Å². The first-order valence-electron chi connectivity index (χ1n) is 4.19. The van der Waals surface area contributed by atoms with E-state index in [1.807, 2.05) is 0 Å². The fourth-order valence-corrected chi connectivity index (χ4v) is 1.07. The number of carboxylic acid groups (broad SMARTS) is 1. The number of aromatic nitrogens is 1. The fourth-order valence-electron chi connectivity index (χ4n) is 1.07. The van der Waals surface area contributed by atoms with Crippen molar-refractivity contribution < 1.29 is 36.6 Å². The SMILES string of the molecule is Nc1cc(C(F)F)nc(OC(F)(F)F)c1C(=O)O. The number of carboxylic acids is 1. The molecule has 0 atom stereocenters. The number of halogens is 5. The molecule has 1 heterocycles. The average Bonchev–Trinajstić information content (AvgIpc) is 2.12. The Kier molecular flexibility index (Phi) is 3.58. The predicted octanol–water partition coefficient (Wildman–Crippen LogP) is 2.20. The lowest BCUT2D eigenvalue weighted by molar-refractivity contribution is -0.276. The highest BCUT2D eigenvalue weighted by Crippen LogP contribution is 2.31. The highest BCUT2D eigenvalue weighted by Gasteiger charge is 2.35. The predicted molar refractivity (Wildman–Crippen MR) is 47.2 cm³/mol. The number of carbonyl (C=O) groups is 1. The molecule has 0 aliphatic heterocycles. The summed E-state index contributed by atoms with van der Waals surface area (Å²) < 4.78 is 63.7. The smallest absolute Gasteiger partial charge is 0.477 e. The number of hydrogen-bond acceptors (Lipinski definition) is 4. The Balaban J connectivity index is 3.38. The fraction of sp³-hybridized carbons (Fsp3) is 0.250. The first-order valence-corrected chi connectivity index (χ1v) is 4.19. The zero-order valence-electron chi connectivity index (χ0n) is 8.33. The number of pyridine rings is 1. The van der Waals surface area contributed by atoms with Gasteiger partial charge in [-0.25, -0.2) is 18.6 Å². The number of nitrogens with two attached hydrogens (primary N) is 1. The van der Waals surface area contributed by atoms with Crippen molar-refractivity contribution in [3.05, 3.63) is 17.3 Å². The molecule has 0 bridgehead atoms. The normalized spacial score (nSPS) is 11.7. The van der Waals surface area contributed by atoms with Gasteiger partial charge in [-0.3, -0.25) is 0 Å². The third kappa shape index (κ3) is 3.18. The van der Waals surface area contributed by atoms with Crippen molar-refractivity contribution in [2.75, 3.05) is 5.73 Å². The molecule has 0 amide bonds. The quantitative estimate of drug-likeness (QED) is 0.824. The Morgan fingerprint density at radius 1 is 1.44 bits per heavy atom. The Bertz CT molecular complexity index is 475. The molecule has 0 fully saturated rings. The minimum absolute atomic E-state index is 0.470. The van der Waals surface area contributed by atoms with Gasteiger partial charge in [0.15, 0.2) is 0 Å². The molecule has 0 unspecified atom stereocenters. The number of rotatable bonds is 3. The van der Waals surface area contributed by atoms with E-state index in [1.165, 1.54) is 0 Å². The Hall–Kier alpha value is -2.13. The lowest BCUT2D eigenvalue weighted by Crippen LogP contribution is -2.21. The van der Waals surface area contributed by atoms with E-state index in [9.17, 15) is 26.7 Å². The van der Waals surface area contributed by atoms with E-state index in [2.05, 4.69) is 9.72 Å². The summed E-state index contributed by atoms with van der Waals surface area (Å²) in [5.41, 5.74) is 2.04. The van der Waals surface area contributed by atoms with E-state index in [0.717, 1.165) is 0 Å². The second kappa shape index (κ2) is 4.63. The van der Waals surface area contributed by atoms with Crippen molar-refractivity contribution in [2.45, 2.75) is 12.8 Å². The summed E-state index contributed by atoms with van der Waals surface area (Å²) in [5.74, 6) is -3.40. The van der Waals surface area contributed by atoms with E-state index in [4.69, 9.17) is 10.8 Å². The zero-order valence-corrected chi connectivity index (χ0v) is 8.33. The maximum Gasteiger partial charge on any atom is 0.574 e. The van der Waals surface area contributed by atoms with Crippen LogP contribution in [0.5, 0.6) is 5.88 Å². The zero-order chi connectivity index (χ0) is 14.1. The molecular weight excluding hydrogens is 267 g/mol. The van der Waals surface area contributed by atoms with Crippen molar-refractivity contribution in [1.82, 2.24) is 4.98 Å². The molecule has 0 saturated carbocycles. The molecular formula is C8H5F5N2O3. The van der Waals surface area contributed by atoms with Gasteiger partial charge in [0, 0.05) is 0 Å². The first kappa shape index (κ1) is 13.9. The summed E-state index contributed by atoms with van der Waals surface area (Å²) >= 11 is 0. The number of nitrogen functional groups attached to an aromatic ring is 1. The molecule has 1 rings (SSSR count). The van der Waals surface area contributed by atoms with Gasteiger partial charge in [-0.15, -0.1) is 13.2 Å². The van der Waals surface area contributed by atoms with Crippen molar-refractivity contribution in [1.29, 1.82) is 0 Å². The number of ether oxygens (including phenoxy) is 1. The molecule has 0 spiro atoms. The van der Waals surface area contributed by atoms with Gasteiger partial charge in [-0.1, -0.05) is 0 Å². The van der Waals surface area contributed by atoms with Crippen molar-refractivity contribution in [3.8, 4) is 5.88 Å². The van der Waals surface area contributed by atoms with Gasteiger partial charge in [-0.2, -0.15) is 0 Å². The second-order valence-corrected chi connectivity index (χ2v) is 2.97. The number of nitrogens with zero attached hydrogens (tertiary/aromatic N) is 1. The highest BCUT2D eigenvalue weighted by molar-refractivity contribution is 5.96. The molecule has 0 aromatic carbocycles. The third-order valence-electron chi connectivity index (χ3n) is 1.69. The molecule has 10 heteroatoms. The van der Waals surface area contributed by atoms with Gasteiger partial charge in [0.1, 0.15) is 11.3 Å². The van der Waals surface area contributed by atoms with Crippen LogP contribution in [0.1, 0.15) is 22.5 Å². The van der Waals surface area contributed by atoms with Gasteiger partial charge in [0.25, 0.3) is 6.43 Å². The van der Waals surface area contributed by atoms with E-state index < -0.39 is 41.6 Å². The topological polar surface area (TPSA) is 85.4 Å². The average molecular weight is 272 g/mol. The highest BCUT2D eigenvalue weighted by atomic mass is 19.4. The lowest BCUT2D eigenvalue weighted by Gasteiger charge is -2.13. The van der Waals surface area contributed by atoms with E-state index in [1.54, 1.807) is 0 Å². The molecule has 0 aliphatic rings. The van der Waals surface area contributed by atoms with Crippen LogP contribution in [0.25, 0.3) is 0 Å². The van der Waals surface area contributed by atoms with Crippen LogP contribution in [-0.2, 0) is 0 Å². The first-order chi connectivity index (χ1) is 8.11. The maximum atomic E-state index is 12.3. The Morgan fingerprint density at radius 2 is 2.00 bits per heavy atom. The van der Waals surface area contributed by atoms with Crippen LogP contribution < -0.4 is 10.5 Å². The van der Waals surface area contributed by atoms with Crippen LogP contribution in [0.3, 0.4) is 0 Å². The van der Waals surface area contributed by atoms with Crippen LogP contribution in [0.4, 0.5) is 27.6 Å². The minimum Gasteiger partial charge on any atom is -0.477 e. The summed E-state index contributed by atoms with van der Waals surface area (Å²) in [6.07, 6.45) is -8.49. The van der Waals surface area contributed by atoms with Gasteiger partial charge in [0.05, 0.1) is 5.69 Å². The third-order valence-corrected chi connectivity index (χ3v) is 1.69. The number of anilines is 1. The van der Waals surface area contributed by atoms with E-state index in [0.29, 0.717) is 6.07 Å². The monoisotopic (exact) mass is 272 g/mol. The number of aromatic carboxylic acids is 1. The molecule has 0 aliphatic carbocycles. The van der Waals surface area contributed by atoms with Crippen LogP contribution in [0, 0.1) is 0 Å². The summed E-state index contributed by atoms with van der Waals surface area (Å²) in [7, 11) is 0. The van der Waals surface area contributed by atoms with E-state index >= 15 is 0 Å². The van der Waals surface area contributed by atoms with Crippen LogP contribution in [0.2, 0.25) is 0 Å². The standard InChI is InChI=1S/C8H5F5N2O3/c9-5(10)3-1-2(14)4(7(16)17)6(15-3)18-8(11,12)13/h1,5H,(H2,14,15)(H,16,17). The van der Waals surface area contributed by atoms with Crippen molar-refractivity contribution in [3.63, 3.8) is 0 Å². The van der Waals surface area contributed by atoms with Crippen molar-refractivity contribution >= 4 is 11.7 Å². The largest absolute Gasteiger partial charge is 0.574 e. The van der Waals surface area contributed by atoms with Crippen LogP contribution in [0.15, 0.2) is 6.07 Å². The summed E-state index contributed by atoms with van der Waals surface area (Å²) in [4.78, 5) is 13.4. The maximum absolute atomic E-state index is 12.3. The van der Waals surface area contributed by atoms with Crippen LogP contribution >= 0.6 is 0 Å². The Morgan fingerprint density at radius 3 is 2.39 bits per heavy atom. The second-order valence-electron chi connectivity index (χ2n) is 2.97. The van der Waals surface area contributed by atoms with Gasteiger partial charge < -0.3 is 15.6 Å². The molecule has 18 heavy (non-hydrogen) atoms. The summed E-state index contributed by atoms with van der Waals surface area (Å²) in [5, 5.41) is 8.62. The summed E-state index contributed by atoms with van der Waals surface area (Å²) in [6.45, 7) is 0.